The molecule has 1 aliphatic heterocycles. The summed E-state index contributed by atoms with van der Waals surface area (Å²) in [6.07, 6.45) is 2.03. The van der Waals surface area contributed by atoms with Crippen LogP contribution in [0.15, 0.2) is 23.1 Å². The molecule has 3 heteroatoms. The van der Waals surface area contributed by atoms with Crippen LogP contribution in [0, 0.1) is 0 Å². The van der Waals surface area contributed by atoms with E-state index in [0.29, 0.717) is 0 Å². The maximum Gasteiger partial charge on any atom is 0.254 e. The van der Waals surface area contributed by atoms with Crippen LogP contribution in [0.25, 0.3) is 0 Å². The number of nitrogens with zero attached hydrogens (tertiary/aromatic N) is 1. The van der Waals surface area contributed by atoms with Crippen LogP contribution in [0.3, 0.4) is 0 Å². The SMILES string of the molecule is CSc1ccc2c(c1)C(=O)N(C(C)C)C2. The number of fused-ring (bicyclic) bond motifs is 1. The quantitative estimate of drug-likeness (QED) is 0.716. The first kappa shape index (κ1) is 10.6. The van der Waals surface area contributed by atoms with Crippen molar-refractivity contribution in [3.05, 3.63) is 29.3 Å². The Balaban J connectivity index is 2.38. The van der Waals surface area contributed by atoms with E-state index in [1.165, 1.54) is 0 Å². The Bertz CT molecular complexity index is 401. The highest BCUT2D eigenvalue weighted by Gasteiger charge is 2.28. The zero-order valence-electron chi connectivity index (χ0n) is 9.28. The van der Waals surface area contributed by atoms with Crippen LogP contribution in [0.4, 0.5) is 0 Å². The van der Waals surface area contributed by atoms with Gasteiger partial charge in [0.15, 0.2) is 0 Å². The molecule has 0 N–H and O–H groups in total. The van der Waals surface area contributed by atoms with Gasteiger partial charge < -0.3 is 4.90 Å². The molecule has 1 amide bonds. The average molecular weight is 221 g/mol. The Labute approximate surface area is 94.7 Å². The second-order valence-electron chi connectivity index (χ2n) is 4.05. The molecular weight excluding hydrogens is 206 g/mol. The maximum atomic E-state index is 12.0. The van der Waals surface area contributed by atoms with Crippen LogP contribution in [-0.4, -0.2) is 23.1 Å². The van der Waals surface area contributed by atoms with Crippen molar-refractivity contribution in [3.63, 3.8) is 0 Å². The number of thioether (sulfide) groups is 1. The third kappa shape index (κ3) is 1.76. The van der Waals surface area contributed by atoms with Gasteiger partial charge in [-0.1, -0.05) is 6.07 Å². The van der Waals surface area contributed by atoms with Gasteiger partial charge in [-0.15, -0.1) is 11.8 Å². The lowest BCUT2D eigenvalue weighted by atomic mass is 10.1. The van der Waals surface area contributed by atoms with E-state index in [2.05, 4.69) is 26.0 Å². The van der Waals surface area contributed by atoms with Crippen molar-refractivity contribution < 1.29 is 4.79 Å². The molecule has 1 aromatic carbocycles. The van der Waals surface area contributed by atoms with Crippen molar-refractivity contribution in [1.82, 2.24) is 4.90 Å². The van der Waals surface area contributed by atoms with E-state index >= 15 is 0 Å². The molecule has 0 bridgehead atoms. The van der Waals surface area contributed by atoms with Gasteiger partial charge in [-0.05, 0) is 37.8 Å². The fourth-order valence-electron chi connectivity index (χ4n) is 1.85. The predicted octanol–water partition coefficient (Wildman–Crippen LogP) is 2.77. The lowest BCUT2D eigenvalue weighted by Crippen LogP contribution is -2.30. The summed E-state index contributed by atoms with van der Waals surface area (Å²) in [5, 5.41) is 0. The highest BCUT2D eigenvalue weighted by Crippen LogP contribution is 2.28. The third-order valence-corrected chi connectivity index (χ3v) is 3.50. The van der Waals surface area contributed by atoms with Gasteiger partial charge in [0.2, 0.25) is 0 Å². The average Bonchev–Trinajstić information content (AvgIpc) is 2.56. The van der Waals surface area contributed by atoms with E-state index < -0.39 is 0 Å². The van der Waals surface area contributed by atoms with Crippen LogP contribution in [-0.2, 0) is 6.54 Å². The van der Waals surface area contributed by atoms with E-state index in [0.717, 1.165) is 22.6 Å². The molecule has 1 aromatic rings. The van der Waals surface area contributed by atoms with Crippen LogP contribution in [0.2, 0.25) is 0 Å². The van der Waals surface area contributed by atoms with Gasteiger partial charge in [0.25, 0.3) is 5.91 Å². The predicted molar refractivity (Wildman–Crippen MR) is 63.2 cm³/mol. The first-order chi connectivity index (χ1) is 7.13. The number of carbonyl (C=O) groups excluding carboxylic acids is 1. The third-order valence-electron chi connectivity index (χ3n) is 2.77. The van der Waals surface area contributed by atoms with Crippen molar-refractivity contribution in [2.45, 2.75) is 31.3 Å². The van der Waals surface area contributed by atoms with Gasteiger partial charge >= 0.3 is 0 Å². The Kier molecular flexibility index (Phi) is 2.74. The lowest BCUT2D eigenvalue weighted by Gasteiger charge is -2.19. The number of hydrogen-bond acceptors (Lipinski definition) is 2. The van der Waals surface area contributed by atoms with Crippen molar-refractivity contribution in [2.24, 2.45) is 0 Å². The normalized spacial score (nSPS) is 14.9. The zero-order valence-corrected chi connectivity index (χ0v) is 10.1. The van der Waals surface area contributed by atoms with Gasteiger partial charge in [0.05, 0.1) is 0 Å². The lowest BCUT2D eigenvalue weighted by molar-refractivity contribution is 0.0730. The number of carbonyl (C=O) groups is 1. The van der Waals surface area contributed by atoms with Crippen molar-refractivity contribution in [2.75, 3.05) is 6.26 Å². The molecule has 0 spiro atoms. The van der Waals surface area contributed by atoms with E-state index in [1.807, 2.05) is 17.2 Å². The van der Waals surface area contributed by atoms with E-state index in [-0.39, 0.29) is 11.9 Å². The minimum absolute atomic E-state index is 0.177. The van der Waals surface area contributed by atoms with E-state index in [9.17, 15) is 4.79 Å². The Hall–Kier alpha value is -0.960. The standard InChI is InChI=1S/C12H15NOS/c1-8(2)13-7-9-4-5-10(15-3)6-11(9)12(13)14/h4-6,8H,7H2,1-3H3. The molecule has 0 saturated heterocycles. The monoisotopic (exact) mass is 221 g/mol. The number of benzene rings is 1. The summed E-state index contributed by atoms with van der Waals surface area (Å²) in [5.74, 6) is 0.177. The van der Waals surface area contributed by atoms with E-state index in [1.54, 1.807) is 11.8 Å². The minimum Gasteiger partial charge on any atom is -0.332 e. The number of hydrogen-bond donors (Lipinski definition) is 0. The molecule has 80 valence electrons. The summed E-state index contributed by atoms with van der Waals surface area (Å²) in [6.45, 7) is 4.87. The Morgan fingerprint density at radius 3 is 2.73 bits per heavy atom. The summed E-state index contributed by atoms with van der Waals surface area (Å²) in [5.41, 5.74) is 2.04. The molecule has 1 heterocycles. The topological polar surface area (TPSA) is 20.3 Å². The number of amides is 1. The smallest absolute Gasteiger partial charge is 0.254 e. The summed E-state index contributed by atoms with van der Waals surface area (Å²) < 4.78 is 0. The van der Waals surface area contributed by atoms with Gasteiger partial charge in [-0.2, -0.15) is 0 Å². The molecule has 0 radical (unpaired) electrons. The van der Waals surface area contributed by atoms with Crippen molar-refractivity contribution in [1.29, 1.82) is 0 Å². The van der Waals surface area contributed by atoms with Crippen molar-refractivity contribution >= 4 is 17.7 Å². The molecule has 0 unspecified atom stereocenters. The van der Waals surface area contributed by atoms with Gasteiger partial charge in [-0.25, -0.2) is 0 Å². The second-order valence-corrected chi connectivity index (χ2v) is 4.93. The summed E-state index contributed by atoms with van der Waals surface area (Å²) >= 11 is 1.68. The molecule has 15 heavy (non-hydrogen) atoms. The molecule has 1 aliphatic rings. The van der Waals surface area contributed by atoms with Crippen LogP contribution in [0.5, 0.6) is 0 Å². The summed E-state index contributed by atoms with van der Waals surface area (Å²) in [7, 11) is 0. The van der Waals surface area contributed by atoms with E-state index in [4.69, 9.17) is 0 Å². The van der Waals surface area contributed by atoms with Crippen LogP contribution in [0.1, 0.15) is 29.8 Å². The minimum atomic E-state index is 0.177. The van der Waals surface area contributed by atoms with Gasteiger partial charge in [-0.3, -0.25) is 4.79 Å². The van der Waals surface area contributed by atoms with Crippen LogP contribution < -0.4 is 0 Å². The van der Waals surface area contributed by atoms with Gasteiger partial charge in [0.1, 0.15) is 0 Å². The molecule has 0 aromatic heterocycles. The molecular formula is C12H15NOS. The summed E-state index contributed by atoms with van der Waals surface area (Å²) in [6, 6.07) is 6.44. The second kappa shape index (κ2) is 3.89. The first-order valence-corrected chi connectivity index (χ1v) is 6.34. The maximum absolute atomic E-state index is 12.0. The highest BCUT2D eigenvalue weighted by molar-refractivity contribution is 7.98. The first-order valence-electron chi connectivity index (χ1n) is 5.11. The van der Waals surface area contributed by atoms with Crippen molar-refractivity contribution in [3.8, 4) is 0 Å². The summed E-state index contributed by atoms with van der Waals surface area (Å²) in [4.78, 5) is 15.1. The molecule has 0 atom stereocenters. The Morgan fingerprint density at radius 2 is 2.13 bits per heavy atom. The Morgan fingerprint density at radius 1 is 1.40 bits per heavy atom. The van der Waals surface area contributed by atoms with Crippen LogP contribution >= 0.6 is 11.8 Å². The number of rotatable bonds is 2. The molecule has 2 rings (SSSR count). The molecule has 0 fully saturated rings. The zero-order chi connectivity index (χ0) is 11.0. The largest absolute Gasteiger partial charge is 0.332 e. The highest BCUT2D eigenvalue weighted by atomic mass is 32.2. The molecule has 2 nitrogen and oxygen atoms in total. The fourth-order valence-corrected chi connectivity index (χ4v) is 2.29. The molecule has 0 aliphatic carbocycles. The van der Waals surface area contributed by atoms with Gasteiger partial charge in [0, 0.05) is 23.0 Å². The fraction of sp³-hybridized carbons (Fsp3) is 0.417. The molecule has 0 saturated carbocycles.